The van der Waals surface area contributed by atoms with Crippen molar-refractivity contribution in [2.24, 2.45) is 0 Å². The zero-order chi connectivity index (χ0) is 9.80. The molecule has 14 heavy (non-hydrogen) atoms. The Bertz CT molecular complexity index is 371. The molecule has 1 unspecified atom stereocenters. The normalized spacial score (nSPS) is 12.6. The largest absolute Gasteiger partial charge is 0.387 e. The highest BCUT2D eigenvalue weighted by Crippen LogP contribution is 2.22. The molecule has 72 valence electrons. The van der Waals surface area contributed by atoms with E-state index in [0.717, 1.165) is 10.4 Å². The summed E-state index contributed by atoms with van der Waals surface area (Å²) in [6, 6.07) is 7.76. The van der Waals surface area contributed by atoms with Gasteiger partial charge in [0.2, 0.25) is 0 Å². The van der Waals surface area contributed by atoms with Gasteiger partial charge in [0.05, 0.1) is 6.10 Å². The average Bonchev–Trinajstić information content (AvgIpc) is 2.72. The van der Waals surface area contributed by atoms with Gasteiger partial charge in [0, 0.05) is 23.7 Å². The lowest BCUT2D eigenvalue weighted by Crippen LogP contribution is -1.99. The maximum absolute atomic E-state index is 9.85. The van der Waals surface area contributed by atoms with Gasteiger partial charge in [-0.25, -0.2) is 0 Å². The number of thiophene rings is 1. The number of aliphatic hydroxyl groups excluding tert-OH is 1. The van der Waals surface area contributed by atoms with Crippen LogP contribution >= 0.6 is 11.3 Å². The fraction of sp³-hybridized carbons (Fsp3) is 0.182. The minimum atomic E-state index is -0.391. The van der Waals surface area contributed by atoms with Crippen molar-refractivity contribution in [1.82, 2.24) is 4.98 Å². The third kappa shape index (κ3) is 2.19. The highest BCUT2D eigenvalue weighted by atomic mass is 32.1. The van der Waals surface area contributed by atoms with E-state index in [1.165, 1.54) is 0 Å². The standard InChI is InChI=1S/C11H11NOS/c13-10(11-2-1-7-14-11)8-9-3-5-12-6-4-9/h1-7,10,13H,8H2. The summed E-state index contributed by atoms with van der Waals surface area (Å²) in [5.74, 6) is 0. The summed E-state index contributed by atoms with van der Waals surface area (Å²) < 4.78 is 0. The zero-order valence-corrected chi connectivity index (χ0v) is 8.45. The molecular weight excluding hydrogens is 194 g/mol. The fourth-order valence-electron chi connectivity index (χ4n) is 1.32. The van der Waals surface area contributed by atoms with Crippen molar-refractivity contribution in [1.29, 1.82) is 0 Å². The lowest BCUT2D eigenvalue weighted by atomic mass is 10.1. The zero-order valence-electron chi connectivity index (χ0n) is 7.63. The van der Waals surface area contributed by atoms with Crippen LogP contribution < -0.4 is 0 Å². The molecule has 0 bridgehead atoms. The number of rotatable bonds is 3. The van der Waals surface area contributed by atoms with Gasteiger partial charge in [0.25, 0.3) is 0 Å². The summed E-state index contributed by atoms with van der Waals surface area (Å²) in [5, 5.41) is 11.8. The smallest absolute Gasteiger partial charge is 0.0922 e. The monoisotopic (exact) mass is 205 g/mol. The molecule has 3 heteroatoms. The number of hydrogen-bond donors (Lipinski definition) is 1. The molecule has 0 radical (unpaired) electrons. The van der Waals surface area contributed by atoms with E-state index in [9.17, 15) is 5.11 Å². The van der Waals surface area contributed by atoms with Crippen molar-refractivity contribution in [3.05, 3.63) is 52.5 Å². The Morgan fingerprint density at radius 1 is 1.29 bits per heavy atom. The molecule has 0 saturated carbocycles. The minimum Gasteiger partial charge on any atom is -0.387 e. The molecule has 0 aliphatic heterocycles. The van der Waals surface area contributed by atoms with Crippen LogP contribution in [0.4, 0.5) is 0 Å². The summed E-state index contributed by atoms with van der Waals surface area (Å²) in [7, 11) is 0. The molecule has 1 atom stereocenters. The second kappa shape index (κ2) is 4.35. The highest BCUT2D eigenvalue weighted by Gasteiger charge is 2.08. The molecule has 2 nitrogen and oxygen atoms in total. The second-order valence-electron chi connectivity index (χ2n) is 3.09. The molecule has 2 heterocycles. The van der Waals surface area contributed by atoms with Crippen LogP contribution in [0.5, 0.6) is 0 Å². The number of pyridine rings is 1. The third-order valence-electron chi connectivity index (χ3n) is 2.05. The van der Waals surface area contributed by atoms with Crippen LogP contribution in [0.1, 0.15) is 16.5 Å². The average molecular weight is 205 g/mol. The summed E-state index contributed by atoms with van der Waals surface area (Å²) in [6.45, 7) is 0. The maximum Gasteiger partial charge on any atom is 0.0922 e. The first-order valence-electron chi connectivity index (χ1n) is 4.46. The first-order valence-corrected chi connectivity index (χ1v) is 5.34. The lowest BCUT2D eigenvalue weighted by molar-refractivity contribution is 0.182. The number of nitrogens with zero attached hydrogens (tertiary/aromatic N) is 1. The van der Waals surface area contributed by atoms with E-state index in [1.807, 2.05) is 29.6 Å². The van der Waals surface area contributed by atoms with E-state index in [1.54, 1.807) is 23.7 Å². The second-order valence-corrected chi connectivity index (χ2v) is 4.07. The Morgan fingerprint density at radius 3 is 2.71 bits per heavy atom. The Kier molecular flexibility index (Phi) is 2.91. The van der Waals surface area contributed by atoms with E-state index >= 15 is 0 Å². The van der Waals surface area contributed by atoms with Crippen LogP contribution in [0.15, 0.2) is 42.0 Å². The Balaban J connectivity index is 2.06. The van der Waals surface area contributed by atoms with Crippen molar-refractivity contribution in [3.63, 3.8) is 0 Å². The van der Waals surface area contributed by atoms with Crippen molar-refractivity contribution < 1.29 is 5.11 Å². The SMILES string of the molecule is OC(Cc1ccncc1)c1cccs1. The van der Waals surface area contributed by atoms with Gasteiger partial charge < -0.3 is 5.11 Å². The first kappa shape index (κ1) is 9.37. The Morgan fingerprint density at radius 2 is 2.07 bits per heavy atom. The molecule has 2 aromatic rings. The van der Waals surface area contributed by atoms with E-state index < -0.39 is 6.10 Å². The molecule has 0 aliphatic rings. The topological polar surface area (TPSA) is 33.1 Å². The molecular formula is C11H11NOS. The van der Waals surface area contributed by atoms with Gasteiger partial charge in [-0.3, -0.25) is 4.98 Å². The van der Waals surface area contributed by atoms with Crippen LogP contribution in [-0.2, 0) is 6.42 Å². The third-order valence-corrected chi connectivity index (χ3v) is 3.02. The first-order chi connectivity index (χ1) is 6.86. The van der Waals surface area contributed by atoms with Crippen LogP contribution in [-0.4, -0.2) is 10.1 Å². The molecule has 0 aromatic carbocycles. The van der Waals surface area contributed by atoms with Crippen LogP contribution in [0.3, 0.4) is 0 Å². The van der Waals surface area contributed by atoms with Gasteiger partial charge in [-0.05, 0) is 29.1 Å². The predicted octanol–water partition coefficient (Wildman–Crippen LogP) is 2.42. The predicted molar refractivity (Wildman–Crippen MR) is 57.2 cm³/mol. The van der Waals surface area contributed by atoms with Gasteiger partial charge in [-0.1, -0.05) is 6.07 Å². The molecule has 2 rings (SSSR count). The van der Waals surface area contributed by atoms with Crippen molar-refractivity contribution in [2.75, 3.05) is 0 Å². The quantitative estimate of drug-likeness (QED) is 0.834. The summed E-state index contributed by atoms with van der Waals surface area (Å²) in [4.78, 5) is 4.95. The Labute approximate surface area is 86.9 Å². The molecule has 0 saturated heterocycles. The lowest BCUT2D eigenvalue weighted by Gasteiger charge is -2.07. The summed E-state index contributed by atoms with van der Waals surface area (Å²) in [5.41, 5.74) is 1.11. The van der Waals surface area contributed by atoms with Gasteiger partial charge in [0.15, 0.2) is 0 Å². The van der Waals surface area contributed by atoms with Crippen molar-refractivity contribution in [2.45, 2.75) is 12.5 Å². The van der Waals surface area contributed by atoms with E-state index in [-0.39, 0.29) is 0 Å². The van der Waals surface area contributed by atoms with E-state index in [0.29, 0.717) is 6.42 Å². The van der Waals surface area contributed by atoms with Gasteiger partial charge in [0.1, 0.15) is 0 Å². The van der Waals surface area contributed by atoms with Crippen molar-refractivity contribution >= 4 is 11.3 Å². The molecule has 1 N–H and O–H groups in total. The van der Waals surface area contributed by atoms with Crippen LogP contribution in [0.2, 0.25) is 0 Å². The van der Waals surface area contributed by atoms with Gasteiger partial charge in [-0.2, -0.15) is 0 Å². The Hall–Kier alpha value is -1.19. The molecule has 2 aromatic heterocycles. The molecule has 0 spiro atoms. The van der Waals surface area contributed by atoms with E-state index in [4.69, 9.17) is 0 Å². The van der Waals surface area contributed by atoms with Gasteiger partial charge >= 0.3 is 0 Å². The highest BCUT2D eigenvalue weighted by molar-refractivity contribution is 7.10. The molecule has 0 amide bonds. The number of aliphatic hydroxyl groups is 1. The number of aromatic nitrogens is 1. The maximum atomic E-state index is 9.85. The van der Waals surface area contributed by atoms with Crippen molar-refractivity contribution in [3.8, 4) is 0 Å². The fourth-order valence-corrected chi connectivity index (χ4v) is 2.04. The van der Waals surface area contributed by atoms with Crippen LogP contribution in [0.25, 0.3) is 0 Å². The van der Waals surface area contributed by atoms with Gasteiger partial charge in [-0.15, -0.1) is 11.3 Å². The number of hydrogen-bond acceptors (Lipinski definition) is 3. The van der Waals surface area contributed by atoms with E-state index in [2.05, 4.69) is 4.98 Å². The minimum absolute atomic E-state index is 0.391. The summed E-state index contributed by atoms with van der Waals surface area (Å²) in [6.07, 6.45) is 3.76. The molecule has 0 fully saturated rings. The molecule has 0 aliphatic carbocycles. The van der Waals surface area contributed by atoms with Crippen LogP contribution in [0, 0.1) is 0 Å². The summed E-state index contributed by atoms with van der Waals surface area (Å²) >= 11 is 1.58.